The van der Waals surface area contributed by atoms with Crippen molar-refractivity contribution in [1.82, 2.24) is 0 Å². The molecule has 102 valence electrons. The maximum Gasteiger partial charge on any atom is 0.143 e. The molecule has 0 spiro atoms. The van der Waals surface area contributed by atoms with Crippen molar-refractivity contribution >= 4 is 11.4 Å². The number of nitrogens with two attached hydrogens (primary N) is 1. The van der Waals surface area contributed by atoms with Crippen LogP contribution in [0.3, 0.4) is 0 Å². The smallest absolute Gasteiger partial charge is 0.143 e. The molecule has 0 saturated carbocycles. The molecule has 1 rings (SSSR count). The highest BCUT2D eigenvalue weighted by Crippen LogP contribution is 2.26. The highest BCUT2D eigenvalue weighted by Gasteiger charge is 2.17. The Morgan fingerprint density at radius 2 is 1.78 bits per heavy atom. The van der Waals surface area contributed by atoms with Gasteiger partial charge < -0.3 is 15.8 Å². The Kier molecular flexibility index (Phi) is 5.32. The van der Waals surface area contributed by atoms with E-state index >= 15 is 0 Å². The molecule has 0 radical (unpaired) electrons. The van der Waals surface area contributed by atoms with Gasteiger partial charge in [0.1, 0.15) is 5.75 Å². The lowest BCUT2D eigenvalue weighted by Crippen LogP contribution is -2.24. The summed E-state index contributed by atoms with van der Waals surface area (Å²) in [5.41, 5.74) is 7.54. The van der Waals surface area contributed by atoms with Crippen molar-refractivity contribution in [2.45, 2.75) is 27.7 Å². The molecule has 3 N–H and O–H groups in total. The molecular weight excluding hydrogens is 224 g/mol. The number of rotatable bonds is 6. The number of benzene rings is 1. The van der Waals surface area contributed by atoms with Gasteiger partial charge in [0.2, 0.25) is 0 Å². The van der Waals surface area contributed by atoms with E-state index in [4.69, 9.17) is 10.5 Å². The number of ether oxygens (including phenoxy) is 1. The van der Waals surface area contributed by atoms with Crippen LogP contribution in [-0.2, 0) is 0 Å². The second-order valence-corrected chi connectivity index (χ2v) is 5.49. The molecule has 18 heavy (non-hydrogen) atoms. The molecule has 0 aliphatic rings. The zero-order valence-corrected chi connectivity index (χ0v) is 12.2. The second-order valence-electron chi connectivity index (χ2n) is 5.49. The summed E-state index contributed by atoms with van der Waals surface area (Å²) in [6.07, 6.45) is 0. The molecule has 3 nitrogen and oxygen atoms in total. The van der Waals surface area contributed by atoms with Gasteiger partial charge in [-0.2, -0.15) is 0 Å². The lowest BCUT2D eigenvalue weighted by Gasteiger charge is -2.25. The van der Waals surface area contributed by atoms with Crippen LogP contribution >= 0.6 is 0 Å². The van der Waals surface area contributed by atoms with Crippen molar-refractivity contribution in [1.29, 1.82) is 0 Å². The standard InChI is InChI=1S/C15H26N2O/c1-10(2)13(11(3)4)9-17-12-6-7-14(16)15(8-12)18-5/h6-8,10-11,13,17H,9,16H2,1-5H3. The Morgan fingerprint density at radius 3 is 2.28 bits per heavy atom. The van der Waals surface area contributed by atoms with Crippen molar-refractivity contribution in [3.8, 4) is 5.75 Å². The average Bonchev–Trinajstić information content (AvgIpc) is 2.30. The van der Waals surface area contributed by atoms with Gasteiger partial charge in [0, 0.05) is 18.3 Å². The summed E-state index contributed by atoms with van der Waals surface area (Å²) in [5.74, 6) is 2.74. The van der Waals surface area contributed by atoms with Crippen molar-refractivity contribution in [2.75, 3.05) is 24.7 Å². The quantitative estimate of drug-likeness (QED) is 0.758. The van der Waals surface area contributed by atoms with Gasteiger partial charge in [0.05, 0.1) is 12.8 Å². The first-order chi connectivity index (χ1) is 8.45. The van der Waals surface area contributed by atoms with Crippen LogP contribution in [0.25, 0.3) is 0 Å². The summed E-state index contributed by atoms with van der Waals surface area (Å²) in [6, 6.07) is 5.82. The van der Waals surface area contributed by atoms with E-state index in [1.807, 2.05) is 18.2 Å². The van der Waals surface area contributed by atoms with Gasteiger partial charge >= 0.3 is 0 Å². The number of anilines is 2. The number of nitrogens with one attached hydrogen (secondary N) is 1. The lowest BCUT2D eigenvalue weighted by atomic mass is 9.85. The fraction of sp³-hybridized carbons (Fsp3) is 0.600. The minimum atomic E-state index is 0.661. The molecule has 0 unspecified atom stereocenters. The Morgan fingerprint density at radius 1 is 1.17 bits per heavy atom. The Labute approximate surface area is 111 Å². The third-order valence-electron chi connectivity index (χ3n) is 3.49. The minimum absolute atomic E-state index is 0.661. The van der Waals surface area contributed by atoms with E-state index < -0.39 is 0 Å². The SMILES string of the molecule is COc1cc(NCC(C(C)C)C(C)C)ccc1N. The van der Waals surface area contributed by atoms with Crippen molar-refractivity contribution in [2.24, 2.45) is 17.8 Å². The van der Waals surface area contributed by atoms with E-state index in [1.54, 1.807) is 7.11 Å². The first-order valence-corrected chi connectivity index (χ1v) is 6.63. The van der Waals surface area contributed by atoms with Crippen LogP contribution in [0.1, 0.15) is 27.7 Å². The van der Waals surface area contributed by atoms with Gasteiger partial charge in [0.25, 0.3) is 0 Å². The molecule has 0 saturated heterocycles. The van der Waals surface area contributed by atoms with Crippen LogP contribution in [-0.4, -0.2) is 13.7 Å². The normalized spacial score (nSPS) is 11.3. The first kappa shape index (κ1) is 14.7. The molecule has 0 aliphatic carbocycles. The van der Waals surface area contributed by atoms with Gasteiger partial charge in [-0.1, -0.05) is 27.7 Å². The summed E-state index contributed by atoms with van der Waals surface area (Å²) < 4.78 is 5.22. The zero-order valence-electron chi connectivity index (χ0n) is 12.2. The van der Waals surface area contributed by atoms with Crippen LogP contribution in [0.2, 0.25) is 0 Å². The third kappa shape index (κ3) is 3.83. The van der Waals surface area contributed by atoms with Crippen LogP contribution < -0.4 is 15.8 Å². The molecular formula is C15H26N2O. The maximum absolute atomic E-state index is 5.80. The molecule has 3 heteroatoms. The summed E-state index contributed by atoms with van der Waals surface area (Å²) in [7, 11) is 1.64. The van der Waals surface area contributed by atoms with Crippen LogP contribution in [0, 0.1) is 17.8 Å². The predicted molar refractivity (Wildman–Crippen MR) is 79.1 cm³/mol. The number of hydrogen-bond acceptors (Lipinski definition) is 3. The van der Waals surface area contributed by atoms with Crippen molar-refractivity contribution < 1.29 is 4.74 Å². The number of methoxy groups -OCH3 is 1. The average molecular weight is 250 g/mol. The number of nitrogen functional groups attached to an aromatic ring is 1. The second kappa shape index (κ2) is 6.53. The molecule has 0 heterocycles. The van der Waals surface area contributed by atoms with E-state index in [2.05, 4.69) is 33.0 Å². The molecule has 0 amide bonds. The minimum Gasteiger partial charge on any atom is -0.495 e. The van der Waals surface area contributed by atoms with Gasteiger partial charge in [-0.25, -0.2) is 0 Å². The van der Waals surface area contributed by atoms with Crippen LogP contribution in [0.5, 0.6) is 5.75 Å². The molecule has 0 atom stereocenters. The fourth-order valence-corrected chi connectivity index (χ4v) is 2.30. The Bertz CT molecular complexity index is 367. The molecule has 1 aromatic rings. The van der Waals surface area contributed by atoms with Crippen LogP contribution in [0.4, 0.5) is 11.4 Å². The number of hydrogen-bond donors (Lipinski definition) is 2. The van der Waals surface area contributed by atoms with Gasteiger partial charge in [-0.3, -0.25) is 0 Å². The monoisotopic (exact) mass is 250 g/mol. The van der Waals surface area contributed by atoms with E-state index in [1.165, 1.54) is 0 Å². The van der Waals surface area contributed by atoms with Gasteiger partial charge in [0.15, 0.2) is 0 Å². The Balaban J connectivity index is 2.67. The largest absolute Gasteiger partial charge is 0.495 e. The fourth-order valence-electron chi connectivity index (χ4n) is 2.30. The third-order valence-corrected chi connectivity index (χ3v) is 3.49. The molecule has 0 aliphatic heterocycles. The van der Waals surface area contributed by atoms with Gasteiger partial charge in [-0.05, 0) is 29.9 Å². The maximum atomic E-state index is 5.80. The highest BCUT2D eigenvalue weighted by molar-refractivity contribution is 5.61. The lowest BCUT2D eigenvalue weighted by molar-refractivity contribution is 0.304. The highest BCUT2D eigenvalue weighted by atomic mass is 16.5. The summed E-state index contributed by atoms with van der Waals surface area (Å²) in [5, 5.41) is 3.47. The summed E-state index contributed by atoms with van der Waals surface area (Å²) in [4.78, 5) is 0. The van der Waals surface area contributed by atoms with E-state index in [-0.39, 0.29) is 0 Å². The summed E-state index contributed by atoms with van der Waals surface area (Å²) in [6.45, 7) is 10.1. The van der Waals surface area contributed by atoms with Crippen molar-refractivity contribution in [3.63, 3.8) is 0 Å². The molecule has 0 bridgehead atoms. The molecule has 0 aromatic heterocycles. The van der Waals surface area contributed by atoms with Crippen LogP contribution in [0.15, 0.2) is 18.2 Å². The van der Waals surface area contributed by atoms with E-state index in [0.717, 1.165) is 18.0 Å². The molecule has 0 fully saturated rings. The van der Waals surface area contributed by atoms with Crippen molar-refractivity contribution in [3.05, 3.63) is 18.2 Å². The first-order valence-electron chi connectivity index (χ1n) is 6.63. The zero-order chi connectivity index (χ0) is 13.7. The topological polar surface area (TPSA) is 47.3 Å². The Hall–Kier alpha value is -1.38. The summed E-state index contributed by atoms with van der Waals surface area (Å²) >= 11 is 0. The van der Waals surface area contributed by atoms with Gasteiger partial charge in [-0.15, -0.1) is 0 Å². The van der Waals surface area contributed by atoms with E-state index in [0.29, 0.717) is 23.4 Å². The predicted octanol–water partition coefficient (Wildman–Crippen LogP) is 3.62. The van der Waals surface area contributed by atoms with E-state index in [9.17, 15) is 0 Å². The molecule has 1 aromatic carbocycles.